The Labute approximate surface area is 75.0 Å². The number of carbonyl (C=O) groups excluding carboxylic acids is 1. The number of nitrogens with zero attached hydrogens (tertiary/aromatic N) is 1. The third-order valence-electron chi connectivity index (χ3n) is 1.47. The van der Waals surface area contributed by atoms with Gasteiger partial charge in [-0.2, -0.15) is 0 Å². The second kappa shape index (κ2) is 3.84. The number of amides is 1. The van der Waals surface area contributed by atoms with Crippen LogP contribution in [0.1, 0.15) is 17.3 Å². The molecule has 0 bridgehead atoms. The highest BCUT2D eigenvalue weighted by molar-refractivity contribution is 5.98. The summed E-state index contributed by atoms with van der Waals surface area (Å²) in [7, 11) is 0. The van der Waals surface area contributed by atoms with Gasteiger partial charge in [0.15, 0.2) is 0 Å². The molecule has 0 saturated heterocycles. The fourth-order valence-electron chi connectivity index (χ4n) is 0.887. The van der Waals surface area contributed by atoms with Gasteiger partial charge in [0.2, 0.25) is 0 Å². The minimum Gasteiger partial charge on any atom is -0.383 e. The van der Waals surface area contributed by atoms with Crippen LogP contribution in [0.5, 0.6) is 0 Å². The molecule has 5 heteroatoms. The molecule has 0 unspecified atom stereocenters. The summed E-state index contributed by atoms with van der Waals surface area (Å²) < 4.78 is 12.6. The fraction of sp³-hybridized carbons (Fsp3) is 0.250. The van der Waals surface area contributed by atoms with E-state index in [9.17, 15) is 9.18 Å². The molecule has 0 atom stereocenters. The van der Waals surface area contributed by atoms with Crippen LogP contribution in [-0.2, 0) is 0 Å². The van der Waals surface area contributed by atoms with Gasteiger partial charge < -0.3 is 11.1 Å². The lowest BCUT2D eigenvalue weighted by Gasteiger charge is -2.03. The standard InChI is InChI=1S/C8H10FN3O/c1-2-11-8(13)6-3-5(9)4-12-7(6)10/h3-4H,2H2,1H3,(H2,10,12)(H,11,13). The fourth-order valence-corrected chi connectivity index (χ4v) is 0.887. The first-order valence-electron chi connectivity index (χ1n) is 3.84. The molecule has 13 heavy (non-hydrogen) atoms. The molecule has 0 saturated carbocycles. The SMILES string of the molecule is CCNC(=O)c1cc(F)cnc1N. The van der Waals surface area contributed by atoms with Crippen molar-refractivity contribution in [2.75, 3.05) is 12.3 Å². The van der Waals surface area contributed by atoms with Crippen molar-refractivity contribution in [1.82, 2.24) is 10.3 Å². The van der Waals surface area contributed by atoms with Crippen LogP contribution < -0.4 is 11.1 Å². The Morgan fingerprint density at radius 3 is 3.08 bits per heavy atom. The normalized spacial score (nSPS) is 9.69. The highest BCUT2D eigenvalue weighted by atomic mass is 19.1. The van der Waals surface area contributed by atoms with Crippen LogP contribution in [0, 0.1) is 5.82 Å². The maximum atomic E-state index is 12.6. The number of aromatic nitrogens is 1. The maximum Gasteiger partial charge on any atom is 0.255 e. The molecule has 0 radical (unpaired) electrons. The van der Waals surface area contributed by atoms with E-state index in [1.807, 2.05) is 0 Å². The molecule has 70 valence electrons. The molecule has 0 aliphatic rings. The summed E-state index contributed by atoms with van der Waals surface area (Å²) in [5.41, 5.74) is 5.45. The highest BCUT2D eigenvalue weighted by Gasteiger charge is 2.10. The van der Waals surface area contributed by atoms with E-state index in [1.165, 1.54) is 0 Å². The summed E-state index contributed by atoms with van der Waals surface area (Å²) in [4.78, 5) is 14.7. The van der Waals surface area contributed by atoms with Gasteiger partial charge in [0.05, 0.1) is 11.8 Å². The zero-order valence-corrected chi connectivity index (χ0v) is 7.17. The van der Waals surface area contributed by atoms with Crippen LogP contribution in [0.25, 0.3) is 0 Å². The Bertz CT molecular complexity index is 327. The smallest absolute Gasteiger partial charge is 0.255 e. The summed E-state index contributed by atoms with van der Waals surface area (Å²) in [6.45, 7) is 2.23. The molecule has 1 aromatic heterocycles. The molecule has 1 rings (SSSR count). The van der Waals surface area contributed by atoms with Crippen molar-refractivity contribution in [3.05, 3.63) is 23.6 Å². The summed E-state index contributed by atoms with van der Waals surface area (Å²) >= 11 is 0. The van der Waals surface area contributed by atoms with Gasteiger partial charge in [-0.1, -0.05) is 0 Å². The van der Waals surface area contributed by atoms with Crippen molar-refractivity contribution in [1.29, 1.82) is 0 Å². The van der Waals surface area contributed by atoms with E-state index < -0.39 is 11.7 Å². The van der Waals surface area contributed by atoms with Crippen LogP contribution in [0.3, 0.4) is 0 Å². The number of rotatable bonds is 2. The summed E-state index contributed by atoms with van der Waals surface area (Å²) in [5.74, 6) is -0.949. The largest absolute Gasteiger partial charge is 0.383 e. The van der Waals surface area contributed by atoms with Gasteiger partial charge in [0.25, 0.3) is 5.91 Å². The number of carbonyl (C=O) groups is 1. The van der Waals surface area contributed by atoms with Crippen LogP contribution >= 0.6 is 0 Å². The van der Waals surface area contributed by atoms with E-state index in [0.717, 1.165) is 12.3 Å². The van der Waals surface area contributed by atoms with Crippen LogP contribution in [-0.4, -0.2) is 17.4 Å². The Balaban J connectivity index is 2.99. The Hall–Kier alpha value is -1.65. The zero-order chi connectivity index (χ0) is 9.84. The highest BCUT2D eigenvalue weighted by Crippen LogP contribution is 2.09. The lowest BCUT2D eigenvalue weighted by atomic mass is 10.2. The lowest BCUT2D eigenvalue weighted by molar-refractivity contribution is 0.0956. The minimum atomic E-state index is -0.574. The second-order valence-electron chi connectivity index (χ2n) is 2.45. The number of nitrogen functional groups attached to an aromatic ring is 1. The number of pyridine rings is 1. The van der Waals surface area contributed by atoms with Crippen molar-refractivity contribution in [2.45, 2.75) is 6.92 Å². The van der Waals surface area contributed by atoms with Gasteiger partial charge >= 0.3 is 0 Å². The van der Waals surface area contributed by atoms with Crippen molar-refractivity contribution in [3.8, 4) is 0 Å². The number of hydrogen-bond acceptors (Lipinski definition) is 3. The minimum absolute atomic E-state index is 0.0346. The predicted octanol–water partition coefficient (Wildman–Crippen LogP) is 0.553. The van der Waals surface area contributed by atoms with E-state index in [-0.39, 0.29) is 11.4 Å². The quantitative estimate of drug-likeness (QED) is 0.703. The van der Waals surface area contributed by atoms with Crippen LogP contribution in [0.4, 0.5) is 10.2 Å². The van der Waals surface area contributed by atoms with Gasteiger partial charge in [0.1, 0.15) is 11.6 Å². The number of halogens is 1. The molecule has 0 aliphatic heterocycles. The molecular weight excluding hydrogens is 173 g/mol. The van der Waals surface area contributed by atoms with Gasteiger partial charge in [-0.05, 0) is 13.0 Å². The third kappa shape index (κ3) is 2.14. The van der Waals surface area contributed by atoms with Gasteiger partial charge in [-0.25, -0.2) is 9.37 Å². The Morgan fingerprint density at radius 1 is 1.77 bits per heavy atom. The summed E-state index contributed by atoms with van der Waals surface area (Å²) in [5, 5.41) is 2.50. The van der Waals surface area contributed by atoms with Gasteiger partial charge in [0, 0.05) is 6.54 Å². The summed E-state index contributed by atoms with van der Waals surface area (Å²) in [6.07, 6.45) is 0.970. The maximum absolute atomic E-state index is 12.6. The second-order valence-corrected chi connectivity index (χ2v) is 2.45. The van der Waals surface area contributed by atoms with Crippen molar-refractivity contribution in [2.24, 2.45) is 0 Å². The molecule has 1 aromatic rings. The molecule has 1 amide bonds. The van der Waals surface area contributed by atoms with Crippen molar-refractivity contribution in [3.63, 3.8) is 0 Å². The molecule has 0 aliphatic carbocycles. The molecule has 0 spiro atoms. The molecule has 3 N–H and O–H groups in total. The Kier molecular flexibility index (Phi) is 2.79. The van der Waals surface area contributed by atoms with Gasteiger partial charge in [-0.3, -0.25) is 4.79 Å². The van der Waals surface area contributed by atoms with Crippen LogP contribution in [0.15, 0.2) is 12.3 Å². The number of anilines is 1. The van der Waals surface area contributed by atoms with E-state index in [2.05, 4.69) is 10.3 Å². The Morgan fingerprint density at radius 2 is 2.46 bits per heavy atom. The van der Waals surface area contributed by atoms with E-state index in [0.29, 0.717) is 6.54 Å². The molecule has 1 heterocycles. The third-order valence-corrected chi connectivity index (χ3v) is 1.47. The number of nitrogens with one attached hydrogen (secondary N) is 1. The van der Waals surface area contributed by atoms with Crippen LogP contribution in [0.2, 0.25) is 0 Å². The van der Waals surface area contributed by atoms with E-state index in [4.69, 9.17) is 5.73 Å². The van der Waals surface area contributed by atoms with Crippen molar-refractivity contribution < 1.29 is 9.18 Å². The van der Waals surface area contributed by atoms with Crippen molar-refractivity contribution >= 4 is 11.7 Å². The predicted molar refractivity (Wildman–Crippen MR) is 46.6 cm³/mol. The lowest BCUT2D eigenvalue weighted by Crippen LogP contribution is -2.24. The number of nitrogens with two attached hydrogens (primary N) is 1. The molecule has 0 aromatic carbocycles. The topological polar surface area (TPSA) is 68.0 Å². The van der Waals surface area contributed by atoms with E-state index >= 15 is 0 Å². The average Bonchev–Trinajstić information content (AvgIpc) is 2.09. The first-order chi connectivity index (χ1) is 6.15. The molecule has 4 nitrogen and oxygen atoms in total. The zero-order valence-electron chi connectivity index (χ0n) is 7.17. The van der Waals surface area contributed by atoms with E-state index in [1.54, 1.807) is 6.92 Å². The first kappa shape index (κ1) is 9.44. The molecular formula is C8H10FN3O. The average molecular weight is 183 g/mol. The summed E-state index contributed by atoms with van der Waals surface area (Å²) in [6, 6.07) is 1.06. The molecule has 0 fully saturated rings. The monoisotopic (exact) mass is 183 g/mol. The number of hydrogen-bond donors (Lipinski definition) is 2. The first-order valence-corrected chi connectivity index (χ1v) is 3.84. The van der Waals surface area contributed by atoms with Gasteiger partial charge in [-0.15, -0.1) is 0 Å².